The van der Waals surface area contributed by atoms with E-state index in [9.17, 15) is 13.2 Å². The van der Waals surface area contributed by atoms with Crippen molar-refractivity contribution in [3.05, 3.63) is 0 Å². The predicted molar refractivity (Wildman–Crippen MR) is 66.0 cm³/mol. The molecule has 0 aromatic rings. The molecule has 0 spiro atoms. The highest BCUT2D eigenvalue weighted by molar-refractivity contribution is 7.91. The zero-order valence-electron chi connectivity index (χ0n) is 10.4. The molecule has 96 valence electrons. The van der Waals surface area contributed by atoms with E-state index in [0.29, 0.717) is 18.8 Å². The molecule has 0 heterocycles. The summed E-state index contributed by atoms with van der Waals surface area (Å²) in [7, 11) is -3.07. The lowest BCUT2D eigenvalue weighted by atomic mass is 10.0. The van der Waals surface area contributed by atoms with Gasteiger partial charge in [-0.3, -0.25) is 4.79 Å². The van der Waals surface area contributed by atoms with E-state index in [2.05, 4.69) is 0 Å². The van der Waals surface area contributed by atoms with E-state index in [1.807, 2.05) is 20.8 Å². The number of rotatable bonds is 8. The molecule has 4 nitrogen and oxygen atoms in total. The van der Waals surface area contributed by atoms with Crippen molar-refractivity contribution in [2.24, 2.45) is 11.7 Å². The summed E-state index contributed by atoms with van der Waals surface area (Å²) in [5.74, 6) is 0.296. The van der Waals surface area contributed by atoms with E-state index in [0.717, 1.165) is 0 Å². The van der Waals surface area contributed by atoms with Crippen molar-refractivity contribution in [2.45, 2.75) is 46.1 Å². The van der Waals surface area contributed by atoms with E-state index in [1.54, 1.807) is 0 Å². The van der Waals surface area contributed by atoms with Crippen molar-refractivity contribution in [2.75, 3.05) is 11.5 Å². The predicted octanol–water partition coefficient (Wildman–Crippen LogP) is 1.14. The maximum Gasteiger partial charge on any atom is 0.150 e. The maximum absolute atomic E-state index is 11.5. The van der Waals surface area contributed by atoms with Crippen LogP contribution in [0.3, 0.4) is 0 Å². The molecule has 0 aliphatic heterocycles. The normalized spacial score (nSPS) is 14.1. The fourth-order valence-electron chi connectivity index (χ4n) is 1.49. The van der Waals surface area contributed by atoms with Crippen LogP contribution in [0.2, 0.25) is 0 Å². The van der Waals surface area contributed by atoms with Gasteiger partial charge in [0.05, 0.1) is 11.8 Å². The molecule has 0 aliphatic rings. The first-order chi connectivity index (χ1) is 7.28. The molecule has 1 atom stereocenters. The first kappa shape index (κ1) is 15.6. The molecule has 2 N–H and O–H groups in total. The smallest absolute Gasteiger partial charge is 0.150 e. The lowest BCUT2D eigenvalue weighted by molar-refractivity contribution is -0.120. The fourth-order valence-corrected chi connectivity index (χ4v) is 2.83. The number of sulfone groups is 1. The van der Waals surface area contributed by atoms with Crippen molar-refractivity contribution in [3.63, 3.8) is 0 Å². The monoisotopic (exact) mass is 249 g/mol. The van der Waals surface area contributed by atoms with Gasteiger partial charge in [-0.2, -0.15) is 0 Å². The molecular weight excluding hydrogens is 226 g/mol. The number of hydrogen-bond acceptors (Lipinski definition) is 4. The molecule has 1 unspecified atom stereocenters. The highest BCUT2D eigenvalue weighted by Crippen LogP contribution is 2.06. The van der Waals surface area contributed by atoms with Gasteiger partial charge in [0.1, 0.15) is 0 Å². The van der Waals surface area contributed by atoms with E-state index in [-0.39, 0.29) is 23.7 Å². The van der Waals surface area contributed by atoms with E-state index in [4.69, 9.17) is 5.73 Å². The van der Waals surface area contributed by atoms with Crippen LogP contribution >= 0.6 is 0 Å². The first-order valence-electron chi connectivity index (χ1n) is 5.77. The third-order valence-corrected chi connectivity index (χ3v) is 4.17. The Morgan fingerprint density at radius 1 is 1.25 bits per heavy atom. The summed E-state index contributed by atoms with van der Waals surface area (Å²) >= 11 is 0. The van der Waals surface area contributed by atoms with Gasteiger partial charge in [0.2, 0.25) is 0 Å². The van der Waals surface area contributed by atoms with Crippen molar-refractivity contribution >= 4 is 15.6 Å². The summed E-state index contributed by atoms with van der Waals surface area (Å²) in [5.41, 5.74) is 5.68. The van der Waals surface area contributed by atoms with E-state index < -0.39 is 15.9 Å². The molecule has 0 aliphatic carbocycles. The average Bonchev–Trinajstić information content (AvgIpc) is 2.13. The Hall–Kier alpha value is -0.420. The molecule has 5 heteroatoms. The summed E-state index contributed by atoms with van der Waals surface area (Å²) in [4.78, 5) is 11.5. The van der Waals surface area contributed by atoms with Crippen LogP contribution in [0.25, 0.3) is 0 Å². The molecule has 0 aromatic carbocycles. The Balaban J connectivity index is 4.07. The number of hydrogen-bond donors (Lipinski definition) is 1. The molecular formula is C11H23NO3S. The highest BCUT2D eigenvalue weighted by Gasteiger charge is 2.18. The SMILES string of the molecule is CCCS(=O)(=O)CCC(=O)C(N)CC(C)C. The second kappa shape index (κ2) is 7.01. The average molecular weight is 249 g/mol. The van der Waals surface area contributed by atoms with Gasteiger partial charge in [-0.1, -0.05) is 20.8 Å². The minimum absolute atomic E-state index is 0.0518. The number of carbonyl (C=O) groups is 1. The number of Topliss-reactive ketones (excluding diaryl/α,β-unsaturated/α-hetero) is 1. The van der Waals surface area contributed by atoms with Gasteiger partial charge >= 0.3 is 0 Å². The Morgan fingerprint density at radius 2 is 1.81 bits per heavy atom. The Bertz CT molecular complexity index is 309. The molecule has 0 saturated heterocycles. The zero-order valence-corrected chi connectivity index (χ0v) is 11.2. The molecule has 0 aromatic heterocycles. The molecule has 0 radical (unpaired) electrons. The van der Waals surface area contributed by atoms with Gasteiger partial charge in [-0.25, -0.2) is 8.42 Å². The minimum Gasteiger partial charge on any atom is -0.322 e. The Kier molecular flexibility index (Phi) is 6.83. The molecule has 0 bridgehead atoms. The van der Waals surface area contributed by atoms with Gasteiger partial charge in [-0.15, -0.1) is 0 Å². The van der Waals surface area contributed by atoms with Crippen LogP contribution in [0.1, 0.15) is 40.0 Å². The topological polar surface area (TPSA) is 77.2 Å². The van der Waals surface area contributed by atoms with Gasteiger partial charge in [0, 0.05) is 12.2 Å². The third-order valence-electron chi connectivity index (χ3n) is 2.31. The second-order valence-corrected chi connectivity index (χ2v) is 6.91. The van der Waals surface area contributed by atoms with Gasteiger partial charge < -0.3 is 5.73 Å². The maximum atomic E-state index is 11.5. The van der Waals surface area contributed by atoms with Crippen LogP contribution in [0, 0.1) is 5.92 Å². The van der Waals surface area contributed by atoms with Crippen molar-refractivity contribution < 1.29 is 13.2 Å². The van der Waals surface area contributed by atoms with Gasteiger partial charge in [-0.05, 0) is 18.8 Å². The van der Waals surface area contributed by atoms with Gasteiger partial charge in [0.15, 0.2) is 15.6 Å². The van der Waals surface area contributed by atoms with Crippen LogP contribution < -0.4 is 5.73 Å². The summed E-state index contributed by atoms with van der Waals surface area (Å²) in [6, 6.07) is -0.517. The Labute approximate surface area is 98.5 Å². The fraction of sp³-hybridized carbons (Fsp3) is 0.909. The van der Waals surface area contributed by atoms with Crippen molar-refractivity contribution in [1.82, 2.24) is 0 Å². The summed E-state index contributed by atoms with van der Waals surface area (Å²) < 4.78 is 22.8. The summed E-state index contributed by atoms with van der Waals surface area (Å²) in [6.45, 7) is 5.78. The van der Waals surface area contributed by atoms with Gasteiger partial charge in [0.25, 0.3) is 0 Å². The number of nitrogens with two attached hydrogens (primary N) is 1. The molecule has 16 heavy (non-hydrogen) atoms. The van der Waals surface area contributed by atoms with Crippen LogP contribution in [-0.2, 0) is 14.6 Å². The standard InChI is InChI=1S/C11H23NO3S/c1-4-6-16(14,15)7-5-11(13)10(12)8-9(2)3/h9-10H,4-8,12H2,1-3H3. The third kappa shape index (κ3) is 6.95. The molecule has 0 fully saturated rings. The largest absolute Gasteiger partial charge is 0.322 e. The minimum atomic E-state index is -3.07. The molecule has 0 saturated carbocycles. The quantitative estimate of drug-likeness (QED) is 0.700. The van der Waals surface area contributed by atoms with Crippen molar-refractivity contribution in [3.8, 4) is 0 Å². The molecule has 0 amide bonds. The summed E-state index contributed by atoms with van der Waals surface area (Å²) in [6.07, 6.45) is 1.26. The van der Waals surface area contributed by atoms with Crippen LogP contribution in [0.4, 0.5) is 0 Å². The lowest BCUT2D eigenvalue weighted by Gasteiger charge is -2.12. The van der Waals surface area contributed by atoms with E-state index in [1.165, 1.54) is 0 Å². The second-order valence-electron chi connectivity index (χ2n) is 4.60. The summed E-state index contributed by atoms with van der Waals surface area (Å²) in [5, 5.41) is 0. The molecule has 0 rings (SSSR count). The zero-order chi connectivity index (χ0) is 12.8. The first-order valence-corrected chi connectivity index (χ1v) is 7.59. The Morgan fingerprint density at radius 3 is 2.25 bits per heavy atom. The number of ketones is 1. The lowest BCUT2D eigenvalue weighted by Crippen LogP contribution is -2.33. The van der Waals surface area contributed by atoms with E-state index >= 15 is 0 Å². The highest BCUT2D eigenvalue weighted by atomic mass is 32.2. The van der Waals surface area contributed by atoms with Crippen LogP contribution in [0.15, 0.2) is 0 Å². The van der Waals surface area contributed by atoms with Crippen LogP contribution in [0.5, 0.6) is 0 Å². The number of carbonyl (C=O) groups excluding carboxylic acids is 1. The van der Waals surface area contributed by atoms with Crippen LogP contribution in [-0.4, -0.2) is 31.7 Å². The van der Waals surface area contributed by atoms with Crippen molar-refractivity contribution in [1.29, 1.82) is 0 Å².